The summed E-state index contributed by atoms with van der Waals surface area (Å²) in [5.41, 5.74) is 4.06. The molecule has 0 radical (unpaired) electrons. The van der Waals surface area contributed by atoms with Crippen LogP contribution in [0, 0.1) is 0 Å². The summed E-state index contributed by atoms with van der Waals surface area (Å²) in [4.78, 5) is 15.7. The molecular weight excluding hydrogens is 442 g/mol. The number of anilines is 2. The van der Waals surface area contributed by atoms with E-state index in [4.69, 9.17) is 4.74 Å². The Kier molecular flexibility index (Phi) is 6.00. The number of nitrogens with zero attached hydrogens (tertiary/aromatic N) is 4. The van der Waals surface area contributed by atoms with E-state index in [1.54, 1.807) is 7.11 Å². The maximum Gasteiger partial charge on any atom is 0.234 e. The van der Waals surface area contributed by atoms with E-state index in [0.29, 0.717) is 5.16 Å². The lowest BCUT2D eigenvalue weighted by Crippen LogP contribution is -2.18. The average molecular weight is 466 g/mol. The largest absolute Gasteiger partial charge is 0.497 e. The molecule has 1 aliphatic rings. The van der Waals surface area contributed by atoms with Gasteiger partial charge in [-0.1, -0.05) is 11.8 Å². The third kappa shape index (κ3) is 4.31. The molecule has 0 aliphatic carbocycles. The standard InChI is InChI=1S/C23H23N5O2S2/c1-30-19-10-4-16(5-11-19)20-14-31-22-25-26-23(28(20)22)32-15-21(29)24-17-6-8-18(9-7-17)27-12-2-3-13-27/h4-11,14H,2-3,12-13,15H2,1H3,(H,24,29). The van der Waals surface area contributed by atoms with Crippen LogP contribution in [0.5, 0.6) is 5.75 Å². The van der Waals surface area contributed by atoms with Crippen LogP contribution in [0.3, 0.4) is 0 Å². The number of aromatic nitrogens is 3. The van der Waals surface area contributed by atoms with Crippen molar-refractivity contribution in [2.24, 2.45) is 0 Å². The highest BCUT2D eigenvalue weighted by Gasteiger charge is 2.16. The van der Waals surface area contributed by atoms with E-state index in [0.717, 1.165) is 40.7 Å². The van der Waals surface area contributed by atoms with Crippen molar-refractivity contribution in [1.82, 2.24) is 14.6 Å². The van der Waals surface area contributed by atoms with E-state index in [-0.39, 0.29) is 11.7 Å². The summed E-state index contributed by atoms with van der Waals surface area (Å²) in [5.74, 6) is 0.998. The smallest absolute Gasteiger partial charge is 0.234 e. The molecule has 32 heavy (non-hydrogen) atoms. The molecule has 1 saturated heterocycles. The molecule has 4 aromatic rings. The van der Waals surface area contributed by atoms with Crippen LogP contribution < -0.4 is 15.0 Å². The summed E-state index contributed by atoms with van der Waals surface area (Å²) in [6.45, 7) is 2.21. The van der Waals surface area contributed by atoms with Gasteiger partial charge in [0.05, 0.1) is 18.6 Å². The fourth-order valence-corrected chi connectivity index (χ4v) is 5.45. The highest BCUT2D eigenvalue weighted by atomic mass is 32.2. The molecule has 0 unspecified atom stereocenters. The predicted molar refractivity (Wildman–Crippen MR) is 130 cm³/mol. The van der Waals surface area contributed by atoms with Crippen LogP contribution in [0.2, 0.25) is 0 Å². The second kappa shape index (κ2) is 9.22. The van der Waals surface area contributed by atoms with E-state index < -0.39 is 0 Å². The zero-order valence-corrected chi connectivity index (χ0v) is 19.3. The van der Waals surface area contributed by atoms with Crippen molar-refractivity contribution in [3.63, 3.8) is 0 Å². The molecule has 3 heterocycles. The lowest BCUT2D eigenvalue weighted by atomic mass is 10.2. The maximum absolute atomic E-state index is 12.5. The summed E-state index contributed by atoms with van der Waals surface area (Å²) in [7, 11) is 1.65. The minimum atomic E-state index is -0.0677. The summed E-state index contributed by atoms with van der Waals surface area (Å²) in [6.07, 6.45) is 2.49. The SMILES string of the molecule is COc1ccc(-c2csc3nnc(SCC(=O)Nc4ccc(N5CCCC5)cc4)n23)cc1. The summed E-state index contributed by atoms with van der Waals surface area (Å²) in [5, 5.41) is 14.3. The minimum absolute atomic E-state index is 0.0677. The molecule has 5 rings (SSSR count). The molecule has 0 atom stereocenters. The first-order valence-corrected chi connectivity index (χ1v) is 12.3. The van der Waals surface area contributed by atoms with Gasteiger partial charge < -0.3 is 15.0 Å². The number of hydrogen-bond donors (Lipinski definition) is 1. The summed E-state index contributed by atoms with van der Waals surface area (Å²) < 4.78 is 7.24. The molecule has 1 fully saturated rings. The molecule has 1 aliphatic heterocycles. The topological polar surface area (TPSA) is 71.8 Å². The minimum Gasteiger partial charge on any atom is -0.497 e. The molecular formula is C23H23N5O2S2. The van der Waals surface area contributed by atoms with Gasteiger partial charge in [-0.05, 0) is 66.9 Å². The van der Waals surface area contributed by atoms with Crippen LogP contribution in [-0.4, -0.2) is 46.5 Å². The van der Waals surface area contributed by atoms with Gasteiger partial charge in [0, 0.05) is 29.8 Å². The molecule has 2 aromatic heterocycles. The number of thiazole rings is 1. The number of methoxy groups -OCH3 is 1. The Balaban J connectivity index is 1.25. The van der Waals surface area contributed by atoms with Crippen LogP contribution in [0.1, 0.15) is 12.8 Å². The van der Waals surface area contributed by atoms with Gasteiger partial charge in [-0.2, -0.15) is 0 Å². The molecule has 0 saturated carbocycles. The molecule has 2 aromatic carbocycles. The van der Waals surface area contributed by atoms with Crippen LogP contribution in [0.4, 0.5) is 11.4 Å². The van der Waals surface area contributed by atoms with E-state index >= 15 is 0 Å². The monoisotopic (exact) mass is 465 g/mol. The number of benzene rings is 2. The first-order chi connectivity index (χ1) is 15.7. The second-order valence-electron chi connectivity index (χ2n) is 7.53. The van der Waals surface area contributed by atoms with Crippen molar-refractivity contribution in [3.05, 3.63) is 53.9 Å². The number of rotatable bonds is 7. The lowest BCUT2D eigenvalue weighted by molar-refractivity contribution is -0.113. The Morgan fingerprint density at radius 3 is 2.56 bits per heavy atom. The first kappa shape index (κ1) is 20.8. The van der Waals surface area contributed by atoms with Gasteiger partial charge in [0.15, 0.2) is 5.16 Å². The molecule has 9 heteroatoms. The Hall–Kier alpha value is -3.04. The van der Waals surface area contributed by atoms with Crippen molar-refractivity contribution in [2.75, 3.05) is 36.2 Å². The van der Waals surface area contributed by atoms with Gasteiger partial charge in [-0.15, -0.1) is 21.5 Å². The highest BCUT2D eigenvalue weighted by Crippen LogP contribution is 2.31. The van der Waals surface area contributed by atoms with Gasteiger partial charge in [-0.25, -0.2) is 0 Å². The Morgan fingerprint density at radius 2 is 1.84 bits per heavy atom. The number of carbonyl (C=O) groups excluding carboxylic acids is 1. The van der Waals surface area contributed by atoms with Gasteiger partial charge >= 0.3 is 0 Å². The van der Waals surface area contributed by atoms with E-state index in [1.807, 2.05) is 40.8 Å². The molecule has 0 bridgehead atoms. The third-order valence-electron chi connectivity index (χ3n) is 5.46. The lowest BCUT2D eigenvalue weighted by Gasteiger charge is -2.17. The van der Waals surface area contributed by atoms with E-state index in [9.17, 15) is 4.79 Å². The highest BCUT2D eigenvalue weighted by molar-refractivity contribution is 7.99. The summed E-state index contributed by atoms with van der Waals surface area (Å²) >= 11 is 2.91. The zero-order valence-electron chi connectivity index (χ0n) is 17.7. The van der Waals surface area contributed by atoms with Crippen LogP contribution in [0.25, 0.3) is 16.2 Å². The molecule has 164 valence electrons. The van der Waals surface area contributed by atoms with Crippen LogP contribution >= 0.6 is 23.1 Å². The summed E-state index contributed by atoms with van der Waals surface area (Å²) in [6, 6.07) is 15.9. The molecule has 7 nitrogen and oxygen atoms in total. The number of amides is 1. The Morgan fingerprint density at radius 1 is 1.09 bits per heavy atom. The van der Waals surface area contributed by atoms with Crippen molar-refractivity contribution < 1.29 is 9.53 Å². The molecule has 0 spiro atoms. The maximum atomic E-state index is 12.5. The third-order valence-corrected chi connectivity index (χ3v) is 7.21. The van der Waals surface area contributed by atoms with Crippen molar-refractivity contribution >= 4 is 45.3 Å². The van der Waals surface area contributed by atoms with E-state index in [1.165, 1.54) is 41.6 Å². The fraction of sp³-hybridized carbons (Fsp3) is 0.261. The number of fused-ring (bicyclic) bond motifs is 1. The van der Waals surface area contributed by atoms with Gasteiger partial charge in [0.1, 0.15) is 5.75 Å². The fourth-order valence-electron chi connectivity index (χ4n) is 3.81. The van der Waals surface area contributed by atoms with Gasteiger partial charge in [-0.3, -0.25) is 9.20 Å². The number of carbonyl (C=O) groups is 1. The van der Waals surface area contributed by atoms with E-state index in [2.05, 4.69) is 37.9 Å². The number of ether oxygens (including phenoxy) is 1. The molecule has 1 amide bonds. The first-order valence-electron chi connectivity index (χ1n) is 10.5. The van der Waals surface area contributed by atoms with Crippen molar-refractivity contribution in [2.45, 2.75) is 18.0 Å². The number of hydrogen-bond acceptors (Lipinski definition) is 7. The Labute approximate surface area is 194 Å². The normalized spacial score (nSPS) is 13.6. The Bertz CT molecular complexity index is 1210. The van der Waals surface area contributed by atoms with Crippen molar-refractivity contribution in [3.8, 4) is 17.0 Å². The second-order valence-corrected chi connectivity index (χ2v) is 9.31. The van der Waals surface area contributed by atoms with Crippen LogP contribution in [0.15, 0.2) is 59.1 Å². The predicted octanol–water partition coefficient (Wildman–Crippen LogP) is 4.80. The van der Waals surface area contributed by atoms with Crippen LogP contribution in [-0.2, 0) is 4.79 Å². The number of thioether (sulfide) groups is 1. The van der Waals surface area contributed by atoms with Gasteiger partial charge in [0.25, 0.3) is 0 Å². The molecule has 1 N–H and O–H groups in total. The zero-order chi connectivity index (χ0) is 21.9. The van der Waals surface area contributed by atoms with Crippen molar-refractivity contribution in [1.29, 1.82) is 0 Å². The van der Waals surface area contributed by atoms with Gasteiger partial charge in [0.2, 0.25) is 10.9 Å². The number of nitrogens with one attached hydrogen (secondary N) is 1. The average Bonchev–Trinajstić information content (AvgIpc) is 3.57. The quantitative estimate of drug-likeness (QED) is 0.396.